The van der Waals surface area contributed by atoms with Gasteiger partial charge in [-0.05, 0) is 59.3 Å². The van der Waals surface area contributed by atoms with E-state index in [1.54, 1.807) is 0 Å². The van der Waals surface area contributed by atoms with Gasteiger partial charge in [0.15, 0.2) is 0 Å². The zero-order valence-electron chi connectivity index (χ0n) is 12.7. The molecule has 1 aliphatic heterocycles. The lowest BCUT2D eigenvalue weighted by atomic mass is 10.2. The Morgan fingerprint density at radius 1 is 1.16 bits per heavy atom. The SMILES string of the molecule is CCNCc1c(C)nn(CCCN2CCCC2)c1C. The van der Waals surface area contributed by atoms with Crippen molar-refractivity contribution in [3.05, 3.63) is 17.0 Å². The van der Waals surface area contributed by atoms with Crippen LogP contribution >= 0.6 is 0 Å². The van der Waals surface area contributed by atoms with E-state index in [-0.39, 0.29) is 0 Å². The number of likely N-dealkylation sites (tertiary alicyclic amines) is 1. The first-order chi connectivity index (χ1) is 9.22. The minimum atomic E-state index is 0.945. The van der Waals surface area contributed by atoms with Gasteiger partial charge in [-0.1, -0.05) is 6.92 Å². The van der Waals surface area contributed by atoms with Crippen molar-refractivity contribution in [3.8, 4) is 0 Å². The van der Waals surface area contributed by atoms with Gasteiger partial charge in [0.1, 0.15) is 0 Å². The number of nitrogens with one attached hydrogen (secondary N) is 1. The molecule has 108 valence electrons. The molecule has 0 bridgehead atoms. The third-order valence-electron chi connectivity index (χ3n) is 4.13. The lowest BCUT2D eigenvalue weighted by molar-refractivity contribution is 0.321. The van der Waals surface area contributed by atoms with Crippen LogP contribution in [0, 0.1) is 13.8 Å². The van der Waals surface area contributed by atoms with Crippen LogP contribution in [-0.2, 0) is 13.1 Å². The third-order valence-corrected chi connectivity index (χ3v) is 4.13. The Labute approximate surface area is 117 Å². The Kier molecular flexibility index (Phi) is 5.40. The number of aromatic nitrogens is 2. The van der Waals surface area contributed by atoms with Gasteiger partial charge >= 0.3 is 0 Å². The molecule has 0 amide bonds. The average molecular weight is 264 g/mol. The maximum Gasteiger partial charge on any atom is 0.0641 e. The van der Waals surface area contributed by atoms with Crippen molar-refractivity contribution in [2.75, 3.05) is 26.2 Å². The average Bonchev–Trinajstić information content (AvgIpc) is 2.98. The lowest BCUT2D eigenvalue weighted by Crippen LogP contribution is -2.22. The number of hydrogen-bond acceptors (Lipinski definition) is 3. The predicted molar refractivity (Wildman–Crippen MR) is 79.4 cm³/mol. The fraction of sp³-hybridized carbons (Fsp3) is 0.800. The summed E-state index contributed by atoms with van der Waals surface area (Å²) in [6.45, 7) is 13.3. The summed E-state index contributed by atoms with van der Waals surface area (Å²) in [5, 5.41) is 8.08. The molecule has 1 saturated heterocycles. The minimum absolute atomic E-state index is 0.945. The molecule has 2 heterocycles. The standard InChI is InChI=1S/C15H28N4/c1-4-16-12-15-13(2)17-19(14(15)3)11-7-10-18-8-5-6-9-18/h16H,4-12H2,1-3H3. The number of rotatable bonds is 7. The molecule has 1 fully saturated rings. The van der Waals surface area contributed by atoms with E-state index in [0.717, 1.165) is 19.6 Å². The van der Waals surface area contributed by atoms with Crippen LogP contribution < -0.4 is 5.32 Å². The lowest BCUT2D eigenvalue weighted by Gasteiger charge is -2.14. The van der Waals surface area contributed by atoms with Gasteiger partial charge < -0.3 is 10.2 Å². The molecule has 4 nitrogen and oxygen atoms in total. The first kappa shape index (κ1) is 14.5. The van der Waals surface area contributed by atoms with Crippen LogP contribution in [-0.4, -0.2) is 40.9 Å². The molecule has 0 atom stereocenters. The monoisotopic (exact) mass is 264 g/mol. The second-order valence-electron chi connectivity index (χ2n) is 5.56. The molecule has 4 heteroatoms. The highest BCUT2D eigenvalue weighted by atomic mass is 15.3. The first-order valence-corrected chi connectivity index (χ1v) is 7.68. The summed E-state index contributed by atoms with van der Waals surface area (Å²) in [7, 11) is 0. The Hall–Kier alpha value is -0.870. The van der Waals surface area contributed by atoms with Crippen LogP contribution in [0.1, 0.15) is 43.1 Å². The molecule has 0 unspecified atom stereocenters. The van der Waals surface area contributed by atoms with Crippen LogP contribution in [0.5, 0.6) is 0 Å². The van der Waals surface area contributed by atoms with E-state index in [0.29, 0.717) is 0 Å². The normalized spacial score (nSPS) is 16.4. The topological polar surface area (TPSA) is 33.1 Å². The zero-order chi connectivity index (χ0) is 13.7. The molecule has 0 spiro atoms. The van der Waals surface area contributed by atoms with Gasteiger partial charge in [0.25, 0.3) is 0 Å². The maximum atomic E-state index is 4.69. The molecule has 0 aromatic carbocycles. The molecular formula is C15H28N4. The summed E-state index contributed by atoms with van der Waals surface area (Å²) in [5.74, 6) is 0. The summed E-state index contributed by atoms with van der Waals surface area (Å²) < 4.78 is 2.19. The zero-order valence-corrected chi connectivity index (χ0v) is 12.7. The smallest absolute Gasteiger partial charge is 0.0641 e. The molecule has 0 saturated carbocycles. The summed E-state index contributed by atoms with van der Waals surface area (Å²) in [6.07, 6.45) is 3.97. The fourth-order valence-electron chi connectivity index (χ4n) is 2.91. The largest absolute Gasteiger partial charge is 0.313 e. The van der Waals surface area contributed by atoms with Crippen LogP contribution in [0.25, 0.3) is 0 Å². The molecule has 1 aromatic heterocycles. The van der Waals surface area contributed by atoms with E-state index < -0.39 is 0 Å². The van der Waals surface area contributed by atoms with Gasteiger partial charge in [-0.3, -0.25) is 4.68 Å². The summed E-state index contributed by atoms with van der Waals surface area (Å²) in [5.41, 5.74) is 3.89. The predicted octanol–water partition coefficient (Wildman–Crippen LogP) is 2.10. The van der Waals surface area contributed by atoms with Gasteiger partial charge in [0, 0.05) is 24.3 Å². The number of nitrogens with zero attached hydrogens (tertiary/aromatic N) is 3. The molecule has 0 aliphatic carbocycles. The highest BCUT2D eigenvalue weighted by Crippen LogP contribution is 2.14. The summed E-state index contributed by atoms with van der Waals surface area (Å²) >= 11 is 0. The molecule has 19 heavy (non-hydrogen) atoms. The van der Waals surface area contributed by atoms with Crippen LogP contribution in [0.4, 0.5) is 0 Å². The minimum Gasteiger partial charge on any atom is -0.313 e. The van der Waals surface area contributed by atoms with Crippen LogP contribution in [0.3, 0.4) is 0 Å². The second-order valence-corrected chi connectivity index (χ2v) is 5.56. The molecule has 0 radical (unpaired) electrons. The second kappa shape index (κ2) is 7.06. The highest BCUT2D eigenvalue weighted by molar-refractivity contribution is 5.24. The van der Waals surface area contributed by atoms with Crippen LogP contribution in [0.15, 0.2) is 0 Å². The maximum absolute atomic E-state index is 4.69. The van der Waals surface area contributed by atoms with Crippen molar-refractivity contribution in [1.29, 1.82) is 0 Å². The quantitative estimate of drug-likeness (QED) is 0.818. The Morgan fingerprint density at radius 3 is 2.58 bits per heavy atom. The Balaban J connectivity index is 1.85. The number of hydrogen-bond donors (Lipinski definition) is 1. The van der Waals surface area contributed by atoms with Gasteiger partial charge in [-0.15, -0.1) is 0 Å². The molecule has 2 rings (SSSR count). The van der Waals surface area contributed by atoms with E-state index in [1.165, 1.54) is 55.8 Å². The number of aryl methyl sites for hydroxylation is 2. The Bertz CT molecular complexity index is 391. The van der Waals surface area contributed by atoms with Gasteiger partial charge in [-0.25, -0.2) is 0 Å². The van der Waals surface area contributed by atoms with Gasteiger partial charge in [0.2, 0.25) is 0 Å². The van der Waals surface area contributed by atoms with E-state index in [2.05, 4.69) is 40.8 Å². The molecule has 1 aliphatic rings. The highest BCUT2D eigenvalue weighted by Gasteiger charge is 2.13. The van der Waals surface area contributed by atoms with E-state index in [1.807, 2.05) is 0 Å². The van der Waals surface area contributed by atoms with Crippen molar-refractivity contribution < 1.29 is 0 Å². The van der Waals surface area contributed by atoms with Crippen molar-refractivity contribution in [2.24, 2.45) is 0 Å². The van der Waals surface area contributed by atoms with Crippen LogP contribution in [0.2, 0.25) is 0 Å². The third kappa shape index (κ3) is 3.80. The molecular weight excluding hydrogens is 236 g/mol. The molecule has 1 N–H and O–H groups in total. The first-order valence-electron chi connectivity index (χ1n) is 7.68. The van der Waals surface area contributed by atoms with Crippen molar-refractivity contribution in [2.45, 2.75) is 53.1 Å². The van der Waals surface area contributed by atoms with Crippen molar-refractivity contribution in [1.82, 2.24) is 20.0 Å². The van der Waals surface area contributed by atoms with Crippen molar-refractivity contribution >= 4 is 0 Å². The Morgan fingerprint density at radius 2 is 1.89 bits per heavy atom. The van der Waals surface area contributed by atoms with E-state index in [9.17, 15) is 0 Å². The van der Waals surface area contributed by atoms with Crippen molar-refractivity contribution in [3.63, 3.8) is 0 Å². The summed E-state index contributed by atoms with van der Waals surface area (Å²) in [6, 6.07) is 0. The van der Waals surface area contributed by atoms with Gasteiger partial charge in [0.05, 0.1) is 5.69 Å². The van der Waals surface area contributed by atoms with Gasteiger partial charge in [-0.2, -0.15) is 5.10 Å². The summed E-state index contributed by atoms with van der Waals surface area (Å²) in [4.78, 5) is 2.57. The van der Waals surface area contributed by atoms with E-state index >= 15 is 0 Å². The fourth-order valence-corrected chi connectivity index (χ4v) is 2.91. The van der Waals surface area contributed by atoms with E-state index in [4.69, 9.17) is 0 Å². The molecule has 1 aromatic rings.